The molecular formula is C26H35N5O9. The molecule has 4 amide bonds. The molecule has 0 saturated carbocycles. The third-order valence-corrected chi connectivity index (χ3v) is 5.87. The Labute approximate surface area is 230 Å². The molecule has 0 fully saturated rings. The summed E-state index contributed by atoms with van der Waals surface area (Å²) < 4.78 is 4.60. The minimum atomic E-state index is -1.51. The van der Waals surface area contributed by atoms with Gasteiger partial charge >= 0.3 is 5.97 Å². The number of aliphatic hydroxyl groups excluding tert-OH is 3. The molecule has 2 rings (SSSR count). The number of nitrogens with one attached hydrogen (secondary N) is 5. The Bertz CT molecular complexity index is 1140. The summed E-state index contributed by atoms with van der Waals surface area (Å²) in [5, 5.41) is 39.4. The average Bonchev–Trinajstić information content (AvgIpc) is 3.47. The van der Waals surface area contributed by atoms with Crippen LogP contribution < -0.4 is 21.3 Å². The zero-order valence-corrected chi connectivity index (χ0v) is 22.3. The highest BCUT2D eigenvalue weighted by atomic mass is 16.5. The van der Waals surface area contributed by atoms with Gasteiger partial charge in [0, 0.05) is 6.20 Å². The monoisotopic (exact) mass is 561 g/mol. The predicted molar refractivity (Wildman–Crippen MR) is 140 cm³/mol. The minimum absolute atomic E-state index is 0.143. The minimum Gasteiger partial charge on any atom is -0.467 e. The lowest BCUT2D eigenvalue weighted by Crippen LogP contribution is -2.58. The van der Waals surface area contributed by atoms with Gasteiger partial charge in [0.25, 0.3) is 5.91 Å². The van der Waals surface area contributed by atoms with Gasteiger partial charge in [0.1, 0.15) is 17.8 Å². The molecule has 0 aliphatic carbocycles. The van der Waals surface area contributed by atoms with E-state index in [-0.39, 0.29) is 12.1 Å². The van der Waals surface area contributed by atoms with Gasteiger partial charge in [-0.2, -0.15) is 0 Å². The van der Waals surface area contributed by atoms with Crippen molar-refractivity contribution >= 4 is 29.6 Å². The van der Waals surface area contributed by atoms with Crippen molar-refractivity contribution in [2.45, 2.75) is 56.6 Å². The molecule has 1 aromatic heterocycles. The molecule has 0 spiro atoms. The number of aromatic nitrogens is 1. The zero-order chi connectivity index (χ0) is 29.8. The maximum Gasteiger partial charge on any atom is 0.331 e. The highest BCUT2D eigenvalue weighted by molar-refractivity contribution is 5.97. The molecule has 40 heavy (non-hydrogen) atoms. The van der Waals surface area contributed by atoms with Gasteiger partial charge in [-0.1, -0.05) is 30.3 Å². The van der Waals surface area contributed by atoms with E-state index < -0.39 is 72.6 Å². The maximum absolute atomic E-state index is 13.1. The van der Waals surface area contributed by atoms with Crippen LogP contribution in [-0.2, 0) is 23.9 Å². The van der Waals surface area contributed by atoms with Crippen LogP contribution in [0.2, 0.25) is 0 Å². The molecule has 0 bridgehead atoms. The molecule has 8 N–H and O–H groups in total. The van der Waals surface area contributed by atoms with E-state index in [1.807, 2.05) is 0 Å². The molecule has 0 aliphatic heterocycles. The number of rotatable bonds is 14. The summed E-state index contributed by atoms with van der Waals surface area (Å²) in [6.07, 6.45) is -1.47. The van der Waals surface area contributed by atoms with Crippen LogP contribution in [-0.4, -0.2) is 94.0 Å². The summed E-state index contributed by atoms with van der Waals surface area (Å²) in [4.78, 5) is 65.6. The van der Waals surface area contributed by atoms with E-state index in [0.29, 0.717) is 5.56 Å². The second-order valence-electron chi connectivity index (χ2n) is 9.00. The van der Waals surface area contributed by atoms with Crippen LogP contribution in [0, 0.1) is 0 Å². The highest BCUT2D eigenvalue weighted by Gasteiger charge is 2.32. The molecule has 0 radical (unpaired) electrons. The Hall–Kier alpha value is -4.27. The molecule has 2 aromatic rings. The fraction of sp³-hybridized carbons (Fsp3) is 0.423. The van der Waals surface area contributed by atoms with Crippen molar-refractivity contribution in [1.29, 1.82) is 0 Å². The molecule has 14 nitrogen and oxygen atoms in total. The van der Waals surface area contributed by atoms with E-state index >= 15 is 0 Å². The van der Waals surface area contributed by atoms with E-state index in [9.17, 15) is 39.3 Å². The predicted octanol–water partition coefficient (Wildman–Crippen LogP) is -1.74. The SMILES string of the molecule is COC(=O)[C@@H](NC(=O)C[C@H](NC(=O)[C@H](CO)NC(=O)[C@@H](NC(=O)c1ccc[nH]1)[C@H](C)O)c1ccccc1)[C@H](C)O. The van der Waals surface area contributed by atoms with E-state index in [4.69, 9.17) is 0 Å². The second kappa shape index (κ2) is 15.4. The zero-order valence-electron chi connectivity index (χ0n) is 22.3. The van der Waals surface area contributed by atoms with Gasteiger partial charge in [0.15, 0.2) is 6.04 Å². The molecule has 1 aromatic carbocycles. The summed E-state index contributed by atoms with van der Waals surface area (Å²) in [7, 11) is 1.10. The summed E-state index contributed by atoms with van der Waals surface area (Å²) in [5.74, 6) is -4.03. The Morgan fingerprint density at radius 3 is 2.02 bits per heavy atom. The number of methoxy groups -OCH3 is 1. The normalized spacial score (nSPS) is 15.3. The van der Waals surface area contributed by atoms with Gasteiger partial charge in [-0.05, 0) is 31.5 Å². The summed E-state index contributed by atoms with van der Waals surface area (Å²) in [5.41, 5.74) is 0.643. The molecule has 218 valence electrons. The maximum atomic E-state index is 13.1. The quantitative estimate of drug-likeness (QED) is 0.123. The average molecular weight is 562 g/mol. The fourth-order valence-corrected chi connectivity index (χ4v) is 3.68. The number of carbonyl (C=O) groups is 5. The number of hydrogen-bond donors (Lipinski definition) is 8. The number of benzene rings is 1. The van der Waals surface area contributed by atoms with Crippen LogP contribution in [0.25, 0.3) is 0 Å². The van der Waals surface area contributed by atoms with Crippen LogP contribution in [0.1, 0.15) is 42.4 Å². The lowest BCUT2D eigenvalue weighted by Gasteiger charge is -2.26. The lowest BCUT2D eigenvalue weighted by atomic mass is 10.0. The van der Waals surface area contributed by atoms with Crippen molar-refractivity contribution in [3.05, 3.63) is 59.9 Å². The van der Waals surface area contributed by atoms with E-state index in [1.165, 1.54) is 26.1 Å². The Kier molecular flexibility index (Phi) is 12.3. The van der Waals surface area contributed by atoms with Crippen molar-refractivity contribution < 1.29 is 44.0 Å². The van der Waals surface area contributed by atoms with Crippen molar-refractivity contribution in [2.24, 2.45) is 0 Å². The van der Waals surface area contributed by atoms with E-state index in [2.05, 4.69) is 31.0 Å². The van der Waals surface area contributed by atoms with Crippen LogP contribution in [0.4, 0.5) is 0 Å². The first-order valence-corrected chi connectivity index (χ1v) is 12.4. The van der Waals surface area contributed by atoms with Gasteiger partial charge < -0.3 is 46.3 Å². The summed E-state index contributed by atoms with van der Waals surface area (Å²) in [6, 6.07) is 6.10. The van der Waals surface area contributed by atoms with E-state index in [1.54, 1.807) is 36.4 Å². The van der Waals surface area contributed by atoms with Crippen molar-refractivity contribution in [3.8, 4) is 0 Å². The van der Waals surface area contributed by atoms with Crippen LogP contribution in [0.3, 0.4) is 0 Å². The van der Waals surface area contributed by atoms with Gasteiger partial charge in [0.2, 0.25) is 17.7 Å². The Balaban J connectivity index is 2.15. The summed E-state index contributed by atoms with van der Waals surface area (Å²) in [6.45, 7) is 1.73. The molecular weight excluding hydrogens is 526 g/mol. The molecule has 6 atom stereocenters. The third kappa shape index (κ3) is 9.18. The topological polar surface area (TPSA) is 219 Å². The Morgan fingerprint density at radius 2 is 1.50 bits per heavy atom. The first-order valence-electron chi connectivity index (χ1n) is 12.4. The number of aromatic amines is 1. The Morgan fingerprint density at radius 1 is 0.850 bits per heavy atom. The largest absolute Gasteiger partial charge is 0.467 e. The second-order valence-corrected chi connectivity index (χ2v) is 9.00. The number of amides is 4. The number of ether oxygens (including phenoxy) is 1. The first-order chi connectivity index (χ1) is 19.0. The van der Waals surface area contributed by atoms with Gasteiger partial charge in [-0.3, -0.25) is 19.2 Å². The van der Waals surface area contributed by atoms with Crippen molar-refractivity contribution in [3.63, 3.8) is 0 Å². The number of H-pyrrole nitrogens is 1. The fourth-order valence-electron chi connectivity index (χ4n) is 3.68. The van der Waals surface area contributed by atoms with Crippen molar-refractivity contribution in [2.75, 3.05) is 13.7 Å². The van der Waals surface area contributed by atoms with Crippen molar-refractivity contribution in [1.82, 2.24) is 26.3 Å². The first kappa shape index (κ1) is 31.9. The smallest absolute Gasteiger partial charge is 0.331 e. The van der Waals surface area contributed by atoms with Gasteiger partial charge in [-0.15, -0.1) is 0 Å². The standard InChI is InChI=1S/C26H35N5O9/c1-14(33)21(31-23(36)17-10-7-11-27-17)25(38)29-19(13-32)24(37)28-18(16-8-5-4-6-9-16)12-20(35)30-22(15(2)34)26(39)40-3/h4-11,14-15,18-19,21-22,27,32-34H,12-13H2,1-3H3,(H,28,37)(H,29,38)(H,30,35)(H,31,36)/t14-,15-,18-,19-,21-,22-/m0/s1. The highest BCUT2D eigenvalue weighted by Crippen LogP contribution is 2.17. The molecule has 14 heteroatoms. The van der Waals surface area contributed by atoms with Gasteiger partial charge in [0.05, 0.1) is 38.4 Å². The molecule has 1 heterocycles. The van der Waals surface area contributed by atoms with Crippen LogP contribution in [0.15, 0.2) is 48.7 Å². The lowest BCUT2D eigenvalue weighted by molar-refractivity contribution is -0.148. The molecule has 0 unspecified atom stereocenters. The molecule has 0 aliphatic rings. The van der Waals surface area contributed by atoms with Crippen LogP contribution >= 0.6 is 0 Å². The number of aliphatic hydroxyl groups is 3. The van der Waals surface area contributed by atoms with Gasteiger partial charge in [-0.25, -0.2) is 4.79 Å². The van der Waals surface area contributed by atoms with Crippen LogP contribution in [0.5, 0.6) is 0 Å². The third-order valence-electron chi connectivity index (χ3n) is 5.87. The molecule has 0 saturated heterocycles. The number of esters is 1. The number of carbonyl (C=O) groups excluding carboxylic acids is 5. The summed E-state index contributed by atoms with van der Waals surface area (Å²) >= 11 is 0. The van der Waals surface area contributed by atoms with E-state index in [0.717, 1.165) is 7.11 Å². The number of hydrogen-bond acceptors (Lipinski definition) is 9.